The molecule has 1 aromatic carbocycles. The summed E-state index contributed by atoms with van der Waals surface area (Å²) < 4.78 is 14.4. The van der Waals surface area contributed by atoms with Gasteiger partial charge in [0.2, 0.25) is 0 Å². The van der Waals surface area contributed by atoms with E-state index < -0.39 is 5.82 Å². The molecule has 9 heteroatoms. The van der Waals surface area contributed by atoms with Crippen LogP contribution in [0.4, 0.5) is 10.1 Å². The summed E-state index contributed by atoms with van der Waals surface area (Å²) in [5, 5.41) is 14.0. The maximum atomic E-state index is 14.4. The number of fused-ring (bicyclic) bond motifs is 1. The average molecular weight is 447 g/mol. The third-order valence-electron chi connectivity index (χ3n) is 4.95. The Hall–Kier alpha value is -2.33. The fraction of sp³-hybridized carbons (Fsp3) is 0.455. The molecule has 0 saturated heterocycles. The number of halogens is 1. The molecule has 0 unspecified atom stereocenters. The van der Waals surface area contributed by atoms with Crippen LogP contribution >= 0.6 is 11.3 Å². The van der Waals surface area contributed by atoms with Gasteiger partial charge in [-0.2, -0.15) is 11.3 Å². The number of nitrogens with zero attached hydrogens (tertiary/aromatic N) is 1. The zero-order valence-corrected chi connectivity index (χ0v) is 18.5. The standard InChI is InChI=1S/C22H31FN6OS/c23-18-13-17-19(28-21(29-22(17)30)16-5-12-31-15-16)14-20(18)27-11-4-10-26-8-2-1-7-25-9-3-6-24/h5,12-15,25-27H,1-4,6-11,24H2,(H,28,29,30). The second-order valence-electron chi connectivity index (χ2n) is 7.41. The zero-order valence-electron chi connectivity index (χ0n) is 17.7. The van der Waals surface area contributed by atoms with Crippen molar-refractivity contribution in [2.75, 3.05) is 44.6 Å². The Morgan fingerprint density at radius 2 is 1.77 bits per heavy atom. The molecule has 6 N–H and O–H groups in total. The maximum Gasteiger partial charge on any atom is 0.259 e. The Balaban J connectivity index is 1.43. The molecule has 0 aliphatic carbocycles. The lowest BCUT2D eigenvalue weighted by Gasteiger charge is -2.10. The second kappa shape index (κ2) is 12.5. The second-order valence-corrected chi connectivity index (χ2v) is 8.19. The van der Waals surface area contributed by atoms with Gasteiger partial charge in [-0.25, -0.2) is 9.37 Å². The van der Waals surface area contributed by atoms with E-state index in [0.29, 0.717) is 23.6 Å². The highest BCUT2D eigenvalue weighted by Gasteiger charge is 2.11. The van der Waals surface area contributed by atoms with Crippen LogP contribution in [0.25, 0.3) is 22.3 Å². The van der Waals surface area contributed by atoms with Gasteiger partial charge in [-0.3, -0.25) is 4.79 Å². The Morgan fingerprint density at radius 1 is 1.03 bits per heavy atom. The van der Waals surface area contributed by atoms with Crippen molar-refractivity contribution in [2.45, 2.75) is 25.7 Å². The van der Waals surface area contributed by atoms with E-state index in [1.54, 1.807) is 6.07 Å². The monoisotopic (exact) mass is 446 g/mol. The van der Waals surface area contributed by atoms with Crippen molar-refractivity contribution >= 4 is 27.9 Å². The van der Waals surface area contributed by atoms with Crippen molar-refractivity contribution in [1.82, 2.24) is 20.6 Å². The van der Waals surface area contributed by atoms with Crippen LogP contribution in [0.1, 0.15) is 25.7 Å². The van der Waals surface area contributed by atoms with Crippen molar-refractivity contribution in [2.24, 2.45) is 5.73 Å². The number of nitrogens with one attached hydrogen (secondary N) is 4. The lowest BCUT2D eigenvalue weighted by molar-refractivity contribution is 0.571. The van der Waals surface area contributed by atoms with Crippen LogP contribution in [-0.4, -0.2) is 49.2 Å². The van der Waals surface area contributed by atoms with Crippen molar-refractivity contribution in [3.63, 3.8) is 0 Å². The van der Waals surface area contributed by atoms with E-state index in [1.165, 1.54) is 17.4 Å². The number of nitrogens with two attached hydrogens (primary N) is 1. The third-order valence-corrected chi connectivity index (χ3v) is 5.63. The minimum absolute atomic E-state index is 0.251. The van der Waals surface area contributed by atoms with E-state index in [0.717, 1.165) is 64.0 Å². The molecule has 2 heterocycles. The number of hydrogen-bond acceptors (Lipinski definition) is 7. The van der Waals surface area contributed by atoms with Crippen LogP contribution in [0.5, 0.6) is 0 Å². The number of unbranched alkanes of at least 4 members (excludes halogenated alkanes) is 1. The summed E-state index contributed by atoms with van der Waals surface area (Å²) >= 11 is 1.53. The number of rotatable bonds is 14. The van der Waals surface area contributed by atoms with Crippen LogP contribution in [0, 0.1) is 5.82 Å². The Kier molecular flexibility index (Phi) is 9.41. The number of aromatic nitrogens is 2. The fourth-order valence-electron chi connectivity index (χ4n) is 3.24. The van der Waals surface area contributed by atoms with Crippen LogP contribution < -0.4 is 27.2 Å². The van der Waals surface area contributed by atoms with Gasteiger partial charge in [0.25, 0.3) is 5.56 Å². The number of anilines is 1. The minimum atomic E-state index is -0.446. The topological polar surface area (TPSA) is 108 Å². The van der Waals surface area contributed by atoms with E-state index in [1.807, 2.05) is 16.8 Å². The summed E-state index contributed by atoms with van der Waals surface area (Å²) in [6, 6.07) is 4.75. The van der Waals surface area contributed by atoms with Crippen molar-refractivity contribution < 1.29 is 4.39 Å². The summed E-state index contributed by atoms with van der Waals surface area (Å²) in [5.74, 6) is 0.0493. The van der Waals surface area contributed by atoms with E-state index in [4.69, 9.17) is 5.73 Å². The Labute approximate surface area is 185 Å². The molecule has 0 bridgehead atoms. The first-order chi connectivity index (χ1) is 15.2. The zero-order chi connectivity index (χ0) is 21.9. The lowest BCUT2D eigenvalue weighted by atomic mass is 10.2. The van der Waals surface area contributed by atoms with E-state index in [-0.39, 0.29) is 10.9 Å². The van der Waals surface area contributed by atoms with Gasteiger partial charge in [-0.1, -0.05) is 0 Å². The molecule has 3 rings (SSSR count). The van der Waals surface area contributed by atoms with Gasteiger partial charge >= 0.3 is 0 Å². The van der Waals surface area contributed by atoms with Gasteiger partial charge in [0, 0.05) is 17.5 Å². The van der Waals surface area contributed by atoms with Gasteiger partial charge in [-0.05, 0) is 82.0 Å². The molecule has 0 aliphatic rings. The van der Waals surface area contributed by atoms with Gasteiger partial charge in [-0.15, -0.1) is 0 Å². The first kappa shape index (κ1) is 23.3. The van der Waals surface area contributed by atoms with Crippen molar-refractivity contribution in [1.29, 1.82) is 0 Å². The number of aromatic amines is 1. The Bertz CT molecular complexity index is 992. The molecule has 0 fully saturated rings. The molecule has 0 atom stereocenters. The molecule has 168 valence electrons. The van der Waals surface area contributed by atoms with Crippen LogP contribution in [-0.2, 0) is 0 Å². The largest absolute Gasteiger partial charge is 0.383 e. The van der Waals surface area contributed by atoms with E-state index in [2.05, 4.69) is 25.9 Å². The summed E-state index contributed by atoms with van der Waals surface area (Å²) in [6.45, 7) is 5.22. The third kappa shape index (κ3) is 7.10. The summed E-state index contributed by atoms with van der Waals surface area (Å²) in [6.07, 6.45) is 4.15. The number of H-pyrrole nitrogens is 1. The van der Waals surface area contributed by atoms with Gasteiger partial charge < -0.3 is 26.7 Å². The fourth-order valence-corrected chi connectivity index (χ4v) is 3.88. The van der Waals surface area contributed by atoms with E-state index in [9.17, 15) is 9.18 Å². The highest BCUT2D eigenvalue weighted by molar-refractivity contribution is 7.08. The highest BCUT2D eigenvalue weighted by Crippen LogP contribution is 2.23. The summed E-state index contributed by atoms with van der Waals surface area (Å²) in [5.41, 5.74) is 6.81. The van der Waals surface area contributed by atoms with Crippen molar-refractivity contribution in [3.05, 3.63) is 45.1 Å². The molecular formula is C22H31FN6OS. The number of benzene rings is 1. The molecule has 7 nitrogen and oxygen atoms in total. The minimum Gasteiger partial charge on any atom is -0.383 e. The normalized spacial score (nSPS) is 11.3. The highest BCUT2D eigenvalue weighted by atomic mass is 32.1. The quantitative estimate of drug-likeness (QED) is 0.244. The molecule has 31 heavy (non-hydrogen) atoms. The molecule has 0 radical (unpaired) electrons. The first-order valence-electron chi connectivity index (χ1n) is 10.8. The molecule has 2 aromatic heterocycles. The summed E-state index contributed by atoms with van der Waals surface area (Å²) in [7, 11) is 0. The number of hydrogen-bond donors (Lipinski definition) is 5. The smallest absolute Gasteiger partial charge is 0.259 e. The predicted molar refractivity (Wildman–Crippen MR) is 127 cm³/mol. The van der Waals surface area contributed by atoms with Crippen molar-refractivity contribution in [3.8, 4) is 11.4 Å². The first-order valence-corrected chi connectivity index (χ1v) is 11.7. The average Bonchev–Trinajstić information content (AvgIpc) is 3.30. The molecule has 0 aliphatic heterocycles. The molecular weight excluding hydrogens is 415 g/mol. The van der Waals surface area contributed by atoms with Crippen LogP contribution in [0.3, 0.4) is 0 Å². The Morgan fingerprint density at radius 3 is 2.48 bits per heavy atom. The molecule has 0 saturated carbocycles. The predicted octanol–water partition coefficient (Wildman–Crippen LogP) is 2.90. The summed E-state index contributed by atoms with van der Waals surface area (Å²) in [4.78, 5) is 19.6. The van der Waals surface area contributed by atoms with E-state index >= 15 is 0 Å². The molecule has 0 amide bonds. The van der Waals surface area contributed by atoms with Gasteiger partial charge in [0.05, 0.1) is 16.6 Å². The molecule has 3 aromatic rings. The molecule has 0 spiro atoms. The van der Waals surface area contributed by atoms with Crippen LogP contribution in [0.15, 0.2) is 33.8 Å². The SMILES string of the molecule is NCCCNCCCCNCCCNc1cc2nc(-c3ccsc3)[nH]c(=O)c2cc1F. The van der Waals surface area contributed by atoms with Gasteiger partial charge in [0.15, 0.2) is 0 Å². The maximum absolute atomic E-state index is 14.4. The van der Waals surface area contributed by atoms with Gasteiger partial charge in [0.1, 0.15) is 11.6 Å². The van der Waals surface area contributed by atoms with Crippen LogP contribution in [0.2, 0.25) is 0 Å². The lowest BCUT2D eigenvalue weighted by Crippen LogP contribution is -2.22. The number of thiophene rings is 1.